The second-order valence-corrected chi connectivity index (χ2v) is 7.14. The summed E-state index contributed by atoms with van der Waals surface area (Å²) in [4.78, 5) is 25.2. The molecule has 2 aromatic rings. The van der Waals surface area contributed by atoms with E-state index in [1.807, 2.05) is 29.2 Å². The van der Waals surface area contributed by atoms with E-state index in [0.29, 0.717) is 36.0 Å². The van der Waals surface area contributed by atoms with E-state index in [2.05, 4.69) is 5.32 Å². The van der Waals surface area contributed by atoms with Gasteiger partial charge in [0, 0.05) is 35.8 Å². The van der Waals surface area contributed by atoms with Gasteiger partial charge in [0.15, 0.2) is 0 Å². The van der Waals surface area contributed by atoms with Crippen molar-refractivity contribution in [2.45, 2.75) is 25.3 Å². The van der Waals surface area contributed by atoms with Crippen molar-refractivity contribution in [2.75, 3.05) is 25.5 Å². The fourth-order valence-corrected chi connectivity index (χ4v) is 3.56. The molecule has 2 aromatic carbocycles. The number of nitrogens with one attached hydrogen (secondary N) is 1. The maximum atomic E-state index is 12.6. The Kier molecular flexibility index (Phi) is 6.36. The lowest BCUT2D eigenvalue weighted by Crippen LogP contribution is -2.43. The molecule has 0 radical (unpaired) electrons. The van der Waals surface area contributed by atoms with Crippen molar-refractivity contribution >= 4 is 28.9 Å². The first-order chi connectivity index (χ1) is 13.5. The molecule has 1 aliphatic heterocycles. The molecule has 0 atom stereocenters. The molecule has 0 bridgehead atoms. The summed E-state index contributed by atoms with van der Waals surface area (Å²) in [5, 5.41) is 14.8. The lowest BCUT2D eigenvalue weighted by atomic mass is 10.0. The number of nitro groups is 1. The lowest BCUT2D eigenvalue weighted by molar-refractivity contribution is -0.384. The maximum absolute atomic E-state index is 12.6. The van der Waals surface area contributed by atoms with Gasteiger partial charge in [-0.15, -0.1) is 0 Å². The van der Waals surface area contributed by atoms with Crippen LogP contribution in [0.15, 0.2) is 42.5 Å². The summed E-state index contributed by atoms with van der Waals surface area (Å²) in [5.74, 6) is 0.767. The predicted molar refractivity (Wildman–Crippen MR) is 108 cm³/mol. The average molecular weight is 404 g/mol. The molecule has 1 N–H and O–H groups in total. The topological polar surface area (TPSA) is 84.7 Å². The van der Waals surface area contributed by atoms with Gasteiger partial charge in [0.05, 0.1) is 18.5 Å². The molecule has 1 aliphatic rings. The summed E-state index contributed by atoms with van der Waals surface area (Å²) in [6.45, 7) is 1.21. The number of halogens is 1. The van der Waals surface area contributed by atoms with E-state index >= 15 is 0 Å². The highest BCUT2D eigenvalue weighted by Gasteiger charge is 2.25. The number of nitrogens with zero attached hydrogens (tertiary/aromatic N) is 2. The molecule has 28 heavy (non-hydrogen) atoms. The number of nitro benzene ring substituents is 1. The Labute approximate surface area is 168 Å². The second kappa shape index (κ2) is 8.93. The molecule has 3 rings (SSSR count). The van der Waals surface area contributed by atoms with Gasteiger partial charge >= 0.3 is 0 Å². The first kappa shape index (κ1) is 19.9. The molecule has 7 nitrogen and oxygen atoms in total. The molecular weight excluding hydrogens is 382 g/mol. The first-order valence-electron chi connectivity index (χ1n) is 9.08. The fourth-order valence-electron chi connectivity index (χ4n) is 3.39. The van der Waals surface area contributed by atoms with Gasteiger partial charge in [0.2, 0.25) is 5.91 Å². The summed E-state index contributed by atoms with van der Waals surface area (Å²) < 4.78 is 5.31. The highest BCUT2D eigenvalue weighted by Crippen LogP contribution is 2.29. The van der Waals surface area contributed by atoms with Crippen molar-refractivity contribution in [1.29, 1.82) is 0 Å². The van der Waals surface area contributed by atoms with Crippen LogP contribution in [0.3, 0.4) is 0 Å². The molecular formula is C20H22ClN3O4. The van der Waals surface area contributed by atoms with Gasteiger partial charge in [-0.2, -0.15) is 0 Å². The van der Waals surface area contributed by atoms with Crippen molar-refractivity contribution in [3.63, 3.8) is 0 Å². The van der Waals surface area contributed by atoms with Crippen LogP contribution < -0.4 is 10.1 Å². The van der Waals surface area contributed by atoms with Gasteiger partial charge in [0.25, 0.3) is 5.69 Å². The Hall–Kier alpha value is -2.80. The SMILES string of the molecule is COc1ccccc1CC(=O)N1CCC(Nc2ccc(Cl)cc2[N+](=O)[O-])CC1. The van der Waals surface area contributed by atoms with Crippen molar-refractivity contribution < 1.29 is 14.5 Å². The normalized spacial score (nSPS) is 14.6. The number of hydrogen-bond donors (Lipinski definition) is 1. The molecule has 1 fully saturated rings. The van der Waals surface area contributed by atoms with Crippen LogP contribution in [0.25, 0.3) is 0 Å². The zero-order valence-electron chi connectivity index (χ0n) is 15.6. The zero-order chi connectivity index (χ0) is 20.1. The van der Waals surface area contributed by atoms with Gasteiger partial charge in [-0.25, -0.2) is 0 Å². The minimum atomic E-state index is -0.444. The summed E-state index contributed by atoms with van der Waals surface area (Å²) in [6.07, 6.45) is 1.74. The average Bonchev–Trinajstić information content (AvgIpc) is 2.70. The van der Waals surface area contributed by atoms with E-state index < -0.39 is 4.92 Å². The number of anilines is 1. The highest BCUT2D eigenvalue weighted by molar-refractivity contribution is 6.30. The van der Waals surface area contributed by atoms with E-state index in [0.717, 1.165) is 18.4 Å². The van der Waals surface area contributed by atoms with E-state index in [1.165, 1.54) is 6.07 Å². The lowest BCUT2D eigenvalue weighted by Gasteiger charge is -2.33. The van der Waals surface area contributed by atoms with Crippen LogP contribution in [0.2, 0.25) is 5.02 Å². The van der Waals surface area contributed by atoms with E-state index in [4.69, 9.17) is 16.3 Å². The van der Waals surface area contributed by atoms with Gasteiger partial charge < -0.3 is 15.0 Å². The smallest absolute Gasteiger partial charge is 0.293 e. The Balaban J connectivity index is 1.57. The molecule has 1 saturated heterocycles. The second-order valence-electron chi connectivity index (χ2n) is 6.71. The number of carbonyl (C=O) groups is 1. The predicted octanol–water partition coefficient (Wildman–Crippen LogP) is 3.90. The zero-order valence-corrected chi connectivity index (χ0v) is 16.3. The van der Waals surface area contributed by atoms with Crippen molar-refractivity contribution in [1.82, 2.24) is 4.90 Å². The van der Waals surface area contributed by atoms with Crippen molar-refractivity contribution in [3.8, 4) is 5.75 Å². The first-order valence-corrected chi connectivity index (χ1v) is 9.46. The third-order valence-corrected chi connectivity index (χ3v) is 5.13. The van der Waals surface area contributed by atoms with E-state index in [-0.39, 0.29) is 17.6 Å². The van der Waals surface area contributed by atoms with Crippen LogP contribution in [-0.4, -0.2) is 42.0 Å². The number of hydrogen-bond acceptors (Lipinski definition) is 5. The molecule has 1 amide bonds. The summed E-state index contributed by atoms with van der Waals surface area (Å²) in [6, 6.07) is 12.2. The number of benzene rings is 2. The number of methoxy groups -OCH3 is 1. The van der Waals surface area contributed by atoms with Crippen LogP contribution in [0.1, 0.15) is 18.4 Å². The van der Waals surface area contributed by atoms with Crippen molar-refractivity contribution in [2.24, 2.45) is 0 Å². The Bertz CT molecular complexity index is 866. The molecule has 0 saturated carbocycles. The maximum Gasteiger partial charge on any atom is 0.293 e. The van der Waals surface area contributed by atoms with Crippen LogP contribution in [0, 0.1) is 10.1 Å². The molecule has 0 unspecified atom stereocenters. The van der Waals surface area contributed by atoms with E-state index in [1.54, 1.807) is 19.2 Å². The number of ether oxygens (including phenoxy) is 1. The fraction of sp³-hybridized carbons (Fsp3) is 0.350. The summed E-state index contributed by atoms with van der Waals surface area (Å²) >= 11 is 5.86. The van der Waals surface area contributed by atoms with Gasteiger partial charge in [-0.1, -0.05) is 29.8 Å². The minimum Gasteiger partial charge on any atom is -0.496 e. The number of amides is 1. The minimum absolute atomic E-state index is 0.0396. The number of carbonyl (C=O) groups excluding carboxylic acids is 1. The number of para-hydroxylation sites is 1. The summed E-state index contributed by atoms with van der Waals surface area (Å²) in [7, 11) is 1.59. The Morgan fingerprint density at radius 1 is 1.29 bits per heavy atom. The number of likely N-dealkylation sites (tertiary alicyclic amines) is 1. The number of rotatable bonds is 6. The standard InChI is InChI=1S/C20H22ClN3O4/c1-28-19-5-3-2-4-14(19)12-20(25)23-10-8-16(9-11-23)22-17-7-6-15(21)13-18(17)24(26)27/h2-7,13,16,22H,8-12H2,1H3. The third-order valence-electron chi connectivity index (χ3n) is 4.90. The largest absolute Gasteiger partial charge is 0.496 e. The Morgan fingerprint density at radius 3 is 2.68 bits per heavy atom. The van der Waals surface area contributed by atoms with Crippen LogP contribution >= 0.6 is 11.6 Å². The van der Waals surface area contributed by atoms with Gasteiger partial charge in [0.1, 0.15) is 11.4 Å². The third kappa shape index (κ3) is 4.72. The molecule has 8 heteroatoms. The van der Waals surface area contributed by atoms with Crippen LogP contribution in [-0.2, 0) is 11.2 Å². The summed E-state index contributed by atoms with van der Waals surface area (Å²) in [5.41, 5.74) is 1.28. The Morgan fingerprint density at radius 2 is 2.00 bits per heavy atom. The van der Waals surface area contributed by atoms with Crippen LogP contribution in [0.4, 0.5) is 11.4 Å². The molecule has 148 valence electrons. The quantitative estimate of drug-likeness (QED) is 0.584. The highest BCUT2D eigenvalue weighted by atomic mass is 35.5. The molecule has 0 aliphatic carbocycles. The monoisotopic (exact) mass is 403 g/mol. The number of piperidine rings is 1. The van der Waals surface area contributed by atoms with Gasteiger partial charge in [-0.3, -0.25) is 14.9 Å². The molecule has 1 heterocycles. The van der Waals surface area contributed by atoms with Crippen molar-refractivity contribution in [3.05, 3.63) is 63.2 Å². The molecule has 0 spiro atoms. The van der Waals surface area contributed by atoms with Gasteiger partial charge in [-0.05, 0) is 31.0 Å². The van der Waals surface area contributed by atoms with Crippen LogP contribution in [0.5, 0.6) is 5.75 Å². The van der Waals surface area contributed by atoms with E-state index in [9.17, 15) is 14.9 Å². The molecule has 0 aromatic heterocycles.